The minimum absolute atomic E-state index is 0.526. The van der Waals surface area contributed by atoms with E-state index < -0.39 is 17.3 Å². The van der Waals surface area contributed by atoms with Crippen LogP contribution in [-0.2, 0) is 16.6 Å². The molecule has 0 aliphatic rings. The first-order valence-corrected chi connectivity index (χ1v) is 10.7. The van der Waals surface area contributed by atoms with E-state index in [1.54, 1.807) is 0 Å². The molecule has 0 aliphatic heterocycles. The Morgan fingerprint density at radius 3 is 1.32 bits per heavy atom. The molecule has 1 unspecified atom stereocenters. The first kappa shape index (κ1) is 20.6. The Hall–Kier alpha value is -3.65. The molecule has 0 fully saturated rings. The van der Waals surface area contributed by atoms with Crippen LogP contribution in [0.3, 0.4) is 0 Å². The Balaban J connectivity index is 1.94. The van der Waals surface area contributed by atoms with E-state index in [0.29, 0.717) is 12.8 Å². The van der Waals surface area contributed by atoms with Gasteiger partial charge in [0.15, 0.2) is 0 Å². The van der Waals surface area contributed by atoms with Crippen LogP contribution in [0.25, 0.3) is 0 Å². The van der Waals surface area contributed by atoms with Gasteiger partial charge in [-0.25, -0.2) is 0 Å². The van der Waals surface area contributed by atoms with Crippen molar-refractivity contribution in [3.63, 3.8) is 0 Å². The Morgan fingerprint density at radius 2 is 0.968 bits per heavy atom. The van der Waals surface area contributed by atoms with Crippen molar-refractivity contribution >= 4 is 5.97 Å². The van der Waals surface area contributed by atoms with Crippen LogP contribution in [0, 0.1) is 5.92 Å². The largest absolute Gasteiger partial charge is 0.481 e. The highest BCUT2D eigenvalue weighted by molar-refractivity contribution is 5.76. The van der Waals surface area contributed by atoms with Crippen molar-refractivity contribution < 1.29 is 9.90 Å². The van der Waals surface area contributed by atoms with Gasteiger partial charge in [0.1, 0.15) is 0 Å². The van der Waals surface area contributed by atoms with Crippen molar-refractivity contribution in [2.75, 3.05) is 0 Å². The van der Waals surface area contributed by atoms with Gasteiger partial charge >= 0.3 is 5.97 Å². The first-order valence-electron chi connectivity index (χ1n) is 10.7. The van der Waals surface area contributed by atoms with Crippen LogP contribution in [-0.4, -0.2) is 11.1 Å². The normalized spacial score (nSPS) is 12.3. The van der Waals surface area contributed by atoms with Gasteiger partial charge in [0.2, 0.25) is 0 Å². The van der Waals surface area contributed by atoms with Crippen molar-refractivity contribution in [3.8, 4) is 0 Å². The van der Waals surface area contributed by atoms with E-state index in [2.05, 4.69) is 48.5 Å². The van der Waals surface area contributed by atoms with E-state index in [-0.39, 0.29) is 0 Å². The number of hydrogen-bond donors (Lipinski definition) is 1. The molecule has 1 atom stereocenters. The number of hydrogen-bond acceptors (Lipinski definition) is 1. The lowest BCUT2D eigenvalue weighted by molar-refractivity contribution is -0.143. The van der Waals surface area contributed by atoms with E-state index in [1.165, 1.54) is 0 Å². The van der Waals surface area contributed by atoms with Crippen molar-refractivity contribution in [3.05, 3.63) is 144 Å². The molecule has 2 nitrogen and oxygen atoms in total. The molecule has 0 radical (unpaired) electrons. The van der Waals surface area contributed by atoms with Crippen molar-refractivity contribution in [2.45, 2.75) is 18.3 Å². The fourth-order valence-electron chi connectivity index (χ4n) is 4.69. The number of carbonyl (C=O) groups is 1. The molecule has 0 heterocycles. The van der Waals surface area contributed by atoms with Gasteiger partial charge < -0.3 is 5.11 Å². The number of aryl methyl sites for hydroxylation is 1. The van der Waals surface area contributed by atoms with Gasteiger partial charge in [-0.2, -0.15) is 0 Å². The summed E-state index contributed by atoms with van der Waals surface area (Å²) >= 11 is 0. The van der Waals surface area contributed by atoms with Gasteiger partial charge in [-0.15, -0.1) is 0 Å². The molecule has 0 aromatic heterocycles. The summed E-state index contributed by atoms with van der Waals surface area (Å²) in [5.74, 6) is -1.42. The number of carboxylic acid groups (broad SMARTS) is 1. The van der Waals surface area contributed by atoms with Crippen molar-refractivity contribution in [1.82, 2.24) is 0 Å². The second-order valence-electron chi connectivity index (χ2n) is 7.82. The number of aliphatic carboxylic acids is 1. The molecule has 1 N–H and O–H groups in total. The smallest absolute Gasteiger partial charge is 0.308 e. The zero-order chi connectivity index (χ0) is 21.5. The summed E-state index contributed by atoms with van der Waals surface area (Å²) in [5, 5.41) is 10.6. The Labute approximate surface area is 183 Å². The zero-order valence-electron chi connectivity index (χ0n) is 17.4. The molecule has 0 aliphatic carbocycles. The molecule has 0 amide bonds. The second kappa shape index (κ2) is 9.44. The zero-order valence-corrected chi connectivity index (χ0v) is 17.4. The topological polar surface area (TPSA) is 37.3 Å². The van der Waals surface area contributed by atoms with E-state index in [4.69, 9.17) is 0 Å². The van der Waals surface area contributed by atoms with Crippen molar-refractivity contribution in [1.29, 1.82) is 0 Å². The van der Waals surface area contributed by atoms with Gasteiger partial charge in [0.25, 0.3) is 0 Å². The van der Waals surface area contributed by atoms with E-state index >= 15 is 0 Å². The number of rotatable bonds is 8. The fourth-order valence-corrected chi connectivity index (χ4v) is 4.69. The van der Waals surface area contributed by atoms with Crippen LogP contribution in [0.5, 0.6) is 0 Å². The summed E-state index contributed by atoms with van der Waals surface area (Å²) in [5.41, 5.74) is 3.33. The molecular weight excluding hydrogens is 380 g/mol. The summed E-state index contributed by atoms with van der Waals surface area (Å²) < 4.78 is 0. The predicted molar refractivity (Wildman–Crippen MR) is 125 cm³/mol. The van der Waals surface area contributed by atoms with Gasteiger partial charge in [0.05, 0.1) is 11.3 Å². The standard InChI is InChI=1S/C29H26O2/c30-28(31)27(22-21-23-13-5-1-6-14-23)29(24-15-7-2-8-16-24,25-17-9-3-10-18-25)26-19-11-4-12-20-26/h1-20,27H,21-22H2,(H,30,31). The van der Waals surface area contributed by atoms with Crippen LogP contribution >= 0.6 is 0 Å². The summed E-state index contributed by atoms with van der Waals surface area (Å²) in [6, 6.07) is 40.3. The molecule has 31 heavy (non-hydrogen) atoms. The Bertz CT molecular complexity index is 994. The van der Waals surface area contributed by atoms with E-state index in [0.717, 1.165) is 22.3 Å². The highest BCUT2D eigenvalue weighted by Gasteiger charge is 2.47. The van der Waals surface area contributed by atoms with Crippen molar-refractivity contribution in [2.24, 2.45) is 5.92 Å². The molecule has 154 valence electrons. The molecule has 0 bridgehead atoms. The minimum atomic E-state index is -0.801. The molecule has 2 heteroatoms. The van der Waals surface area contributed by atoms with Gasteiger partial charge in [-0.3, -0.25) is 4.79 Å². The quantitative estimate of drug-likeness (QED) is 0.346. The minimum Gasteiger partial charge on any atom is -0.481 e. The molecule has 4 rings (SSSR count). The Morgan fingerprint density at radius 1 is 0.613 bits per heavy atom. The average molecular weight is 407 g/mol. The predicted octanol–water partition coefficient (Wildman–Crippen LogP) is 6.35. The maximum Gasteiger partial charge on any atom is 0.308 e. The molecule has 0 spiro atoms. The second-order valence-corrected chi connectivity index (χ2v) is 7.82. The third kappa shape index (κ3) is 4.15. The highest BCUT2D eigenvalue weighted by Crippen LogP contribution is 2.47. The van der Waals surface area contributed by atoms with Gasteiger partial charge in [-0.1, -0.05) is 121 Å². The Kier molecular flexibility index (Phi) is 6.28. The average Bonchev–Trinajstić information content (AvgIpc) is 2.84. The van der Waals surface area contributed by atoms with Crippen LogP contribution in [0.15, 0.2) is 121 Å². The van der Waals surface area contributed by atoms with E-state index in [1.807, 2.05) is 72.8 Å². The molecule has 0 saturated heterocycles. The molecule has 0 saturated carbocycles. The van der Waals surface area contributed by atoms with Crippen LogP contribution in [0.2, 0.25) is 0 Å². The maximum atomic E-state index is 12.9. The third-order valence-corrected chi connectivity index (χ3v) is 6.07. The van der Waals surface area contributed by atoms with Crippen LogP contribution < -0.4 is 0 Å². The summed E-state index contributed by atoms with van der Waals surface area (Å²) in [4.78, 5) is 12.9. The maximum absolute atomic E-state index is 12.9. The van der Waals surface area contributed by atoms with Gasteiger partial charge in [0, 0.05) is 0 Å². The lowest BCUT2D eigenvalue weighted by atomic mass is 9.60. The lowest BCUT2D eigenvalue weighted by Gasteiger charge is -2.41. The van der Waals surface area contributed by atoms with Crippen LogP contribution in [0.4, 0.5) is 0 Å². The van der Waals surface area contributed by atoms with Gasteiger partial charge in [-0.05, 0) is 35.1 Å². The molecular formula is C29H26O2. The molecule has 4 aromatic rings. The number of benzene rings is 4. The third-order valence-electron chi connectivity index (χ3n) is 6.07. The monoisotopic (exact) mass is 406 g/mol. The summed E-state index contributed by atoms with van der Waals surface area (Å²) in [6.45, 7) is 0. The fraction of sp³-hybridized carbons (Fsp3) is 0.138. The highest BCUT2D eigenvalue weighted by atomic mass is 16.4. The summed E-state index contributed by atoms with van der Waals surface area (Å²) in [6.07, 6.45) is 1.23. The lowest BCUT2D eigenvalue weighted by Crippen LogP contribution is -2.42. The van der Waals surface area contributed by atoms with E-state index in [9.17, 15) is 9.90 Å². The summed E-state index contributed by atoms with van der Waals surface area (Å²) in [7, 11) is 0. The first-order chi connectivity index (χ1) is 15.2. The van der Waals surface area contributed by atoms with Crippen LogP contribution in [0.1, 0.15) is 28.7 Å². The number of carboxylic acids is 1. The SMILES string of the molecule is O=C(O)C(CCc1ccccc1)C(c1ccccc1)(c1ccccc1)c1ccccc1. The molecule has 4 aromatic carbocycles.